The van der Waals surface area contributed by atoms with E-state index in [9.17, 15) is 0 Å². The van der Waals surface area contributed by atoms with Gasteiger partial charge in [-0.15, -0.1) is 24.0 Å². The summed E-state index contributed by atoms with van der Waals surface area (Å²) >= 11 is 0. The van der Waals surface area contributed by atoms with E-state index in [1.807, 2.05) is 18.2 Å². The maximum atomic E-state index is 5.99. The Morgan fingerprint density at radius 1 is 1.00 bits per heavy atom. The summed E-state index contributed by atoms with van der Waals surface area (Å²) in [6.07, 6.45) is 4.49. The summed E-state index contributed by atoms with van der Waals surface area (Å²) in [6.45, 7) is 1.33. The molecule has 2 aromatic carbocycles. The van der Waals surface area contributed by atoms with Gasteiger partial charge in [0, 0.05) is 6.54 Å². The molecule has 27 heavy (non-hydrogen) atoms. The van der Waals surface area contributed by atoms with Crippen molar-refractivity contribution in [2.75, 3.05) is 20.8 Å². The highest BCUT2D eigenvalue weighted by Gasteiger charge is 2.10. The first-order valence-corrected chi connectivity index (χ1v) is 9.05. The summed E-state index contributed by atoms with van der Waals surface area (Å²) < 4.78 is 10.6. The zero-order valence-corrected chi connectivity index (χ0v) is 18.3. The summed E-state index contributed by atoms with van der Waals surface area (Å²) in [5.41, 5.74) is 11.3. The summed E-state index contributed by atoms with van der Waals surface area (Å²) in [7, 11) is 3.28. The lowest BCUT2D eigenvalue weighted by Crippen LogP contribution is -2.33. The first-order chi connectivity index (χ1) is 12.7. The van der Waals surface area contributed by atoms with Gasteiger partial charge in [-0.1, -0.05) is 24.3 Å². The van der Waals surface area contributed by atoms with Crippen LogP contribution in [0.15, 0.2) is 41.4 Å². The number of aliphatic imine (C=N–C) groups is 1. The maximum Gasteiger partial charge on any atom is 0.188 e. The van der Waals surface area contributed by atoms with Crippen molar-refractivity contribution >= 4 is 29.9 Å². The Labute approximate surface area is 178 Å². The van der Waals surface area contributed by atoms with Gasteiger partial charge in [0.05, 0.1) is 20.8 Å². The van der Waals surface area contributed by atoms with Crippen molar-refractivity contribution in [3.8, 4) is 11.5 Å². The Kier molecular flexibility index (Phi) is 8.22. The molecule has 146 valence electrons. The zero-order valence-electron chi connectivity index (χ0n) is 16.0. The average Bonchev–Trinajstić information content (AvgIpc) is 3.14. The molecule has 3 N–H and O–H groups in total. The minimum absolute atomic E-state index is 0. The lowest BCUT2D eigenvalue weighted by Gasteiger charge is -2.10. The highest BCUT2D eigenvalue weighted by atomic mass is 127. The van der Waals surface area contributed by atoms with E-state index in [4.69, 9.17) is 15.2 Å². The molecule has 5 nitrogen and oxygen atoms in total. The van der Waals surface area contributed by atoms with Gasteiger partial charge >= 0.3 is 0 Å². The summed E-state index contributed by atoms with van der Waals surface area (Å²) in [6, 6.07) is 12.6. The van der Waals surface area contributed by atoms with Crippen molar-refractivity contribution in [1.82, 2.24) is 5.32 Å². The molecule has 0 spiro atoms. The third kappa shape index (κ3) is 5.76. The fourth-order valence-electron chi connectivity index (χ4n) is 3.33. The van der Waals surface area contributed by atoms with Gasteiger partial charge in [0.2, 0.25) is 0 Å². The van der Waals surface area contributed by atoms with Gasteiger partial charge in [0.15, 0.2) is 17.5 Å². The van der Waals surface area contributed by atoms with E-state index in [1.54, 1.807) is 14.2 Å². The van der Waals surface area contributed by atoms with Crippen LogP contribution in [0.2, 0.25) is 0 Å². The van der Waals surface area contributed by atoms with Gasteiger partial charge in [-0.2, -0.15) is 0 Å². The monoisotopic (exact) mass is 481 g/mol. The van der Waals surface area contributed by atoms with Crippen LogP contribution in [0.5, 0.6) is 11.5 Å². The van der Waals surface area contributed by atoms with Gasteiger partial charge in [-0.05, 0) is 60.1 Å². The van der Waals surface area contributed by atoms with E-state index in [0.29, 0.717) is 12.5 Å². The molecule has 0 aliphatic heterocycles. The van der Waals surface area contributed by atoms with Crippen molar-refractivity contribution in [2.24, 2.45) is 10.7 Å². The molecule has 0 atom stereocenters. The van der Waals surface area contributed by atoms with Gasteiger partial charge in [0.1, 0.15) is 0 Å². The van der Waals surface area contributed by atoms with E-state index < -0.39 is 0 Å². The lowest BCUT2D eigenvalue weighted by molar-refractivity contribution is 0.354. The largest absolute Gasteiger partial charge is 0.493 e. The van der Waals surface area contributed by atoms with E-state index >= 15 is 0 Å². The minimum Gasteiger partial charge on any atom is -0.493 e. The predicted molar refractivity (Wildman–Crippen MR) is 120 cm³/mol. The number of methoxy groups -OCH3 is 2. The Morgan fingerprint density at radius 2 is 1.74 bits per heavy atom. The van der Waals surface area contributed by atoms with Crippen molar-refractivity contribution in [2.45, 2.75) is 32.2 Å². The van der Waals surface area contributed by atoms with Crippen molar-refractivity contribution in [1.29, 1.82) is 0 Å². The molecule has 0 unspecified atom stereocenters. The van der Waals surface area contributed by atoms with Gasteiger partial charge in [0.25, 0.3) is 0 Å². The van der Waals surface area contributed by atoms with Crippen LogP contribution < -0.4 is 20.5 Å². The molecule has 0 amide bonds. The Morgan fingerprint density at radius 3 is 2.52 bits per heavy atom. The van der Waals surface area contributed by atoms with Crippen LogP contribution in [-0.2, 0) is 25.8 Å². The third-order valence-electron chi connectivity index (χ3n) is 4.76. The molecule has 0 bridgehead atoms. The van der Waals surface area contributed by atoms with Crippen LogP contribution in [0, 0.1) is 0 Å². The Hall–Kier alpha value is -1.96. The fraction of sp³-hybridized carbons (Fsp3) is 0.381. The smallest absolute Gasteiger partial charge is 0.188 e. The molecule has 2 aromatic rings. The van der Waals surface area contributed by atoms with Crippen LogP contribution in [0.3, 0.4) is 0 Å². The van der Waals surface area contributed by atoms with Crippen LogP contribution in [0.1, 0.15) is 28.7 Å². The first kappa shape index (κ1) is 21.3. The van der Waals surface area contributed by atoms with Gasteiger partial charge < -0.3 is 20.5 Å². The number of guanidine groups is 1. The molecule has 0 heterocycles. The van der Waals surface area contributed by atoms with Crippen molar-refractivity contribution in [3.05, 3.63) is 58.7 Å². The first-order valence-electron chi connectivity index (χ1n) is 9.05. The molecule has 0 saturated heterocycles. The number of benzene rings is 2. The number of hydrogen-bond acceptors (Lipinski definition) is 3. The molecule has 1 aliphatic rings. The number of nitrogens with one attached hydrogen (secondary N) is 1. The molecular formula is C21H28IN3O2. The second kappa shape index (κ2) is 10.4. The highest BCUT2D eigenvalue weighted by Crippen LogP contribution is 2.27. The molecule has 3 rings (SSSR count). The lowest BCUT2D eigenvalue weighted by atomic mass is 10.1. The van der Waals surface area contributed by atoms with E-state index in [-0.39, 0.29) is 24.0 Å². The summed E-state index contributed by atoms with van der Waals surface area (Å²) in [4.78, 5) is 4.45. The second-order valence-corrected chi connectivity index (χ2v) is 6.52. The standard InChI is InChI=1S/C21H27N3O2.HI/c1-25-19-9-7-15(13-20(19)26-2)10-11-23-21(22)24-14-16-6-8-17-4-3-5-18(17)12-16;/h6-9,12-13H,3-5,10-11,14H2,1-2H3,(H3,22,23,24);1H. The zero-order chi connectivity index (χ0) is 18.4. The number of nitrogens with zero attached hydrogens (tertiary/aromatic N) is 1. The van der Waals surface area contributed by atoms with Crippen LogP contribution in [0.4, 0.5) is 0 Å². The van der Waals surface area contributed by atoms with Crippen molar-refractivity contribution < 1.29 is 9.47 Å². The van der Waals surface area contributed by atoms with Crippen LogP contribution in [-0.4, -0.2) is 26.7 Å². The maximum absolute atomic E-state index is 5.99. The topological polar surface area (TPSA) is 68.9 Å². The van der Waals surface area contributed by atoms with Gasteiger partial charge in [-0.3, -0.25) is 0 Å². The molecule has 0 fully saturated rings. The number of aryl methyl sites for hydroxylation is 2. The molecular weight excluding hydrogens is 453 g/mol. The SMILES string of the molecule is COc1ccc(CCNC(N)=NCc2ccc3c(c2)CCC3)cc1OC.I. The highest BCUT2D eigenvalue weighted by molar-refractivity contribution is 14.0. The Bertz CT molecular complexity index is 793. The number of hydrogen-bond donors (Lipinski definition) is 2. The van der Waals surface area contributed by atoms with Crippen molar-refractivity contribution in [3.63, 3.8) is 0 Å². The number of rotatable bonds is 7. The molecule has 6 heteroatoms. The van der Waals surface area contributed by atoms with E-state index in [0.717, 1.165) is 30.0 Å². The Balaban J connectivity index is 0.00000261. The molecule has 1 aliphatic carbocycles. The number of nitrogens with two attached hydrogens (primary N) is 1. The molecule has 0 radical (unpaired) electrons. The van der Waals surface area contributed by atoms with Gasteiger partial charge in [-0.25, -0.2) is 4.99 Å². The number of halogens is 1. The third-order valence-corrected chi connectivity index (χ3v) is 4.76. The molecule has 0 aromatic heterocycles. The minimum atomic E-state index is 0. The normalized spacial score (nSPS) is 12.9. The van der Waals surface area contributed by atoms with E-state index in [1.165, 1.54) is 36.0 Å². The second-order valence-electron chi connectivity index (χ2n) is 6.52. The fourth-order valence-corrected chi connectivity index (χ4v) is 3.33. The molecule has 0 saturated carbocycles. The van der Waals surface area contributed by atoms with Crippen LogP contribution >= 0.6 is 24.0 Å². The number of ether oxygens (including phenoxy) is 2. The van der Waals surface area contributed by atoms with Crippen LogP contribution in [0.25, 0.3) is 0 Å². The average molecular weight is 481 g/mol. The predicted octanol–water partition coefficient (Wildman–Crippen LogP) is 3.46. The van der Waals surface area contributed by atoms with E-state index in [2.05, 4.69) is 28.5 Å². The quantitative estimate of drug-likeness (QED) is 0.361. The summed E-state index contributed by atoms with van der Waals surface area (Å²) in [5.74, 6) is 1.95. The summed E-state index contributed by atoms with van der Waals surface area (Å²) in [5, 5.41) is 3.18. The number of fused-ring (bicyclic) bond motifs is 1.